The fourth-order valence-corrected chi connectivity index (χ4v) is 4.26. The lowest BCUT2D eigenvalue weighted by molar-refractivity contribution is -0.134. The van der Waals surface area contributed by atoms with Crippen LogP contribution in [0.1, 0.15) is 18.0 Å². The van der Waals surface area contributed by atoms with Crippen LogP contribution < -0.4 is 10.5 Å². The van der Waals surface area contributed by atoms with Crippen LogP contribution in [0.25, 0.3) is 10.9 Å². The number of benzene rings is 2. The van der Waals surface area contributed by atoms with Gasteiger partial charge < -0.3 is 19.5 Å². The molecule has 4 rings (SSSR count). The highest BCUT2D eigenvalue weighted by molar-refractivity contribution is 5.94. The minimum absolute atomic E-state index is 0.0357. The number of carbonyl (C=O) groups is 1. The standard InChI is InChI=1S/C26H31N5O4/c1-30(23(19-6-3-2-4-7-19)15-31-13-11-20(32)14-31)25(33)16-35-24-10-9-22(29-18-34-17-27)26-21(24)8-5-12-28-26/h2-10,12,18,20,23,32H,11,13-17,27H2,1H3/t20-,23?/m0/s1. The van der Waals surface area contributed by atoms with E-state index in [-0.39, 0.29) is 31.4 Å². The number of aliphatic hydroxyl groups is 1. The molecule has 0 bridgehead atoms. The average molecular weight is 478 g/mol. The van der Waals surface area contributed by atoms with E-state index in [0.717, 1.165) is 23.9 Å². The quantitative estimate of drug-likeness (QED) is 0.262. The summed E-state index contributed by atoms with van der Waals surface area (Å²) in [5.74, 6) is 0.404. The molecule has 1 aliphatic heterocycles. The second-order valence-electron chi connectivity index (χ2n) is 8.47. The predicted octanol–water partition coefficient (Wildman–Crippen LogP) is 2.47. The molecule has 2 atom stereocenters. The van der Waals surface area contributed by atoms with Gasteiger partial charge in [-0.1, -0.05) is 30.3 Å². The van der Waals surface area contributed by atoms with Crippen LogP contribution in [-0.4, -0.2) is 78.3 Å². The summed E-state index contributed by atoms with van der Waals surface area (Å²) >= 11 is 0. The van der Waals surface area contributed by atoms with E-state index >= 15 is 0 Å². The van der Waals surface area contributed by atoms with Crippen LogP contribution in [0.3, 0.4) is 0 Å². The van der Waals surface area contributed by atoms with E-state index in [1.54, 1.807) is 30.3 Å². The van der Waals surface area contributed by atoms with Crippen molar-refractivity contribution in [2.24, 2.45) is 10.7 Å². The van der Waals surface area contributed by atoms with Crippen molar-refractivity contribution in [3.05, 3.63) is 66.4 Å². The molecule has 3 N–H and O–H groups in total. The number of carbonyl (C=O) groups excluding carboxylic acids is 1. The van der Waals surface area contributed by atoms with Gasteiger partial charge in [0.2, 0.25) is 0 Å². The monoisotopic (exact) mass is 477 g/mol. The number of amides is 1. The maximum atomic E-state index is 13.2. The minimum atomic E-state index is -0.313. The number of nitrogens with zero attached hydrogens (tertiary/aromatic N) is 4. The second-order valence-corrected chi connectivity index (χ2v) is 8.47. The molecule has 2 heterocycles. The van der Waals surface area contributed by atoms with Gasteiger partial charge in [-0.25, -0.2) is 4.99 Å². The van der Waals surface area contributed by atoms with E-state index < -0.39 is 0 Å². The zero-order valence-corrected chi connectivity index (χ0v) is 19.8. The first-order chi connectivity index (χ1) is 17.1. The SMILES string of the molecule is CN(C(=O)COc1ccc(N=COCN)c2ncccc12)C(CN1CC[C@H](O)C1)c1ccccc1. The van der Waals surface area contributed by atoms with Gasteiger partial charge in [-0.2, -0.15) is 0 Å². The molecular weight excluding hydrogens is 446 g/mol. The van der Waals surface area contributed by atoms with Crippen LogP contribution >= 0.6 is 0 Å². The Bertz CT molecular complexity index is 1160. The number of ether oxygens (including phenoxy) is 2. The van der Waals surface area contributed by atoms with E-state index in [0.29, 0.717) is 30.0 Å². The van der Waals surface area contributed by atoms with Crippen molar-refractivity contribution in [2.45, 2.75) is 18.6 Å². The fraction of sp³-hybridized carbons (Fsp3) is 0.346. The molecule has 0 spiro atoms. The van der Waals surface area contributed by atoms with Gasteiger partial charge >= 0.3 is 0 Å². The molecule has 1 aliphatic rings. The molecule has 1 amide bonds. The smallest absolute Gasteiger partial charge is 0.260 e. The molecule has 184 valence electrons. The zero-order chi connectivity index (χ0) is 24.6. The van der Waals surface area contributed by atoms with Gasteiger partial charge in [-0.05, 0) is 36.2 Å². The zero-order valence-electron chi connectivity index (χ0n) is 19.8. The first-order valence-corrected chi connectivity index (χ1v) is 11.6. The van der Waals surface area contributed by atoms with Crippen molar-refractivity contribution in [1.29, 1.82) is 0 Å². The summed E-state index contributed by atoms with van der Waals surface area (Å²) in [6.45, 7) is 1.99. The number of likely N-dealkylation sites (tertiary alicyclic amines) is 1. The fourth-order valence-electron chi connectivity index (χ4n) is 4.26. The lowest BCUT2D eigenvalue weighted by atomic mass is 10.0. The number of pyridine rings is 1. The number of aromatic nitrogens is 1. The number of likely N-dealkylation sites (N-methyl/N-ethyl adjacent to an activating group) is 1. The number of rotatable bonds is 10. The number of β-amino-alcohol motifs (C(OH)–C–C–N with tert-alkyl or cyclic N) is 1. The van der Waals surface area contributed by atoms with Gasteiger partial charge in [0, 0.05) is 38.3 Å². The van der Waals surface area contributed by atoms with Crippen molar-refractivity contribution in [3.8, 4) is 5.75 Å². The molecule has 0 radical (unpaired) electrons. The Labute approximate surface area is 204 Å². The third-order valence-electron chi connectivity index (χ3n) is 6.15. The molecule has 3 aromatic rings. The normalized spacial score (nSPS) is 17.1. The molecule has 1 unspecified atom stereocenters. The molecular formula is C26H31N5O4. The second kappa shape index (κ2) is 11.7. The lowest BCUT2D eigenvalue weighted by Gasteiger charge is -2.32. The summed E-state index contributed by atoms with van der Waals surface area (Å²) in [5.41, 5.74) is 7.62. The van der Waals surface area contributed by atoms with Crippen LogP contribution in [0.4, 0.5) is 5.69 Å². The maximum absolute atomic E-state index is 13.2. The van der Waals surface area contributed by atoms with E-state index in [2.05, 4.69) is 14.9 Å². The Hall–Kier alpha value is -3.53. The Kier molecular flexibility index (Phi) is 8.25. The van der Waals surface area contributed by atoms with E-state index in [1.165, 1.54) is 6.40 Å². The van der Waals surface area contributed by atoms with Gasteiger partial charge in [0.15, 0.2) is 13.0 Å². The Balaban J connectivity index is 1.49. The molecule has 1 aromatic heterocycles. The van der Waals surface area contributed by atoms with Crippen molar-refractivity contribution < 1.29 is 19.4 Å². The van der Waals surface area contributed by atoms with Gasteiger partial charge in [0.05, 0.1) is 23.3 Å². The predicted molar refractivity (Wildman–Crippen MR) is 135 cm³/mol. The summed E-state index contributed by atoms with van der Waals surface area (Å²) in [6, 6.07) is 17.0. The highest BCUT2D eigenvalue weighted by atomic mass is 16.5. The lowest BCUT2D eigenvalue weighted by Crippen LogP contribution is -2.40. The van der Waals surface area contributed by atoms with Gasteiger partial charge in [-0.3, -0.25) is 20.4 Å². The van der Waals surface area contributed by atoms with Crippen molar-refractivity contribution in [3.63, 3.8) is 0 Å². The number of hydrogen-bond acceptors (Lipinski definition) is 8. The molecule has 1 fully saturated rings. The van der Waals surface area contributed by atoms with Gasteiger partial charge in [-0.15, -0.1) is 0 Å². The van der Waals surface area contributed by atoms with Gasteiger partial charge in [0.1, 0.15) is 12.5 Å². The van der Waals surface area contributed by atoms with Crippen molar-refractivity contribution >= 4 is 28.9 Å². The van der Waals surface area contributed by atoms with E-state index in [9.17, 15) is 9.90 Å². The molecule has 9 nitrogen and oxygen atoms in total. The van der Waals surface area contributed by atoms with Crippen LogP contribution in [0, 0.1) is 0 Å². The van der Waals surface area contributed by atoms with Gasteiger partial charge in [0.25, 0.3) is 5.91 Å². The molecule has 0 aliphatic carbocycles. The van der Waals surface area contributed by atoms with Crippen molar-refractivity contribution in [2.75, 3.05) is 40.0 Å². The summed E-state index contributed by atoms with van der Waals surface area (Å²) < 4.78 is 11.0. The third kappa shape index (κ3) is 6.13. The molecule has 2 aromatic carbocycles. The third-order valence-corrected chi connectivity index (χ3v) is 6.15. The van der Waals surface area contributed by atoms with Crippen LogP contribution in [0.5, 0.6) is 5.75 Å². The average Bonchev–Trinajstić information content (AvgIpc) is 3.31. The first kappa shape index (κ1) is 24.6. The summed E-state index contributed by atoms with van der Waals surface area (Å²) in [7, 11) is 1.80. The molecule has 35 heavy (non-hydrogen) atoms. The highest BCUT2D eigenvalue weighted by Gasteiger charge is 2.28. The maximum Gasteiger partial charge on any atom is 0.260 e. The Morgan fingerprint density at radius 2 is 2.11 bits per heavy atom. The number of hydrogen-bond donors (Lipinski definition) is 2. The molecule has 1 saturated heterocycles. The Morgan fingerprint density at radius 3 is 2.86 bits per heavy atom. The topological polar surface area (TPSA) is 114 Å². The van der Waals surface area contributed by atoms with Crippen LogP contribution in [-0.2, 0) is 9.53 Å². The highest BCUT2D eigenvalue weighted by Crippen LogP contribution is 2.32. The van der Waals surface area contributed by atoms with E-state index in [1.807, 2.05) is 42.5 Å². The number of aliphatic hydroxyl groups excluding tert-OH is 1. The van der Waals surface area contributed by atoms with Crippen LogP contribution in [0.15, 0.2) is 65.8 Å². The summed E-state index contributed by atoms with van der Waals surface area (Å²) in [5, 5.41) is 10.7. The molecule has 9 heteroatoms. The first-order valence-electron chi connectivity index (χ1n) is 11.6. The number of nitrogens with two attached hydrogens (primary N) is 1. The summed E-state index contributed by atoms with van der Waals surface area (Å²) in [4.78, 5) is 25.8. The summed E-state index contributed by atoms with van der Waals surface area (Å²) in [6.07, 6.45) is 3.40. The number of aliphatic imine (C=N–C) groups is 1. The number of fused-ring (bicyclic) bond motifs is 1. The largest absolute Gasteiger partial charge is 0.483 e. The molecule has 0 saturated carbocycles. The van der Waals surface area contributed by atoms with Crippen molar-refractivity contribution in [1.82, 2.24) is 14.8 Å². The minimum Gasteiger partial charge on any atom is -0.483 e. The Morgan fingerprint density at radius 1 is 1.29 bits per heavy atom. The van der Waals surface area contributed by atoms with E-state index in [4.69, 9.17) is 15.2 Å². The van der Waals surface area contributed by atoms with Crippen LogP contribution in [0.2, 0.25) is 0 Å².